The summed E-state index contributed by atoms with van der Waals surface area (Å²) in [4.78, 5) is 24.0. The first-order valence-electron chi connectivity index (χ1n) is 8.67. The Bertz CT molecular complexity index is 850. The fourth-order valence-electron chi connectivity index (χ4n) is 3.42. The lowest BCUT2D eigenvalue weighted by Crippen LogP contribution is -2.44. The first kappa shape index (κ1) is 17.6. The van der Waals surface area contributed by atoms with Crippen LogP contribution in [0.5, 0.6) is 0 Å². The number of nitrogens with zero attached hydrogens (tertiary/aromatic N) is 3. The molecule has 0 spiro atoms. The van der Waals surface area contributed by atoms with Crippen LogP contribution in [0.3, 0.4) is 0 Å². The van der Waals surface area contributed by atoms with Gasteiger partial charge in [0.15, 0.2) is 5.69 Å². The molecule has 4 atom stereocenters. The highest BCUT2D eigenvalue weighted by Crippen LogP contribution is 2.34. The molecule has 2 aromatic rings. The predicted molar refractivity (Wildman–Crippen MR) is 92.3 cm³/mol. The Labute approximate surface area is 155 Å². The molecule has 3 heterocycles. The smallest absolute Gasteiger partial charge is 0.360 e. The topological polar surface area (TPSA) is 105 Å². The highest BCUT2D eigenvalue weighted by Gasteiger charge is 2.49. The lowest BCUT2D eigenvalue weighted by molar-refractivity contribution is 0.0591. The summed E-state index contributed by atoms with van der Waals surface area (Å²) in [5.74, 6) is -0.711. The van der Waals surface area contributed by atoms with Gasteiger partial charge in [0.05, 0.1) is 32.6 Å². The summed E-state index contributed by atoms with van der Waals surface area (Å²) in [6.45, 7) is 2.68. The Morgan fingerprint density at radius 3 is 2.67 bits per heavy atom. The third-order valence-electron chi connectivity index (χ3n) is 4.90. The van der Waals surface area contributed by atoms with E-state index in [0.29, 0.717) is 18.8 Å². The van der Waals surface area contributed by atoms with Gasteiger partial charge in [-0.05, 0) is 19.1 Å². The molecule has 4 unspecified atom stereocenters. The number of methoxy groups -OCH3 is 1. The summed E-state index contributed by atoms with van der Waals surface area (Å²) in [6, 6.07) is 6.91. The van der Waals surface area contributed by atoms with Gasteiger partial charge < -0.3 is 19.5 Å². The van der Waals surface area contributed by atoms with Gasteiger partial charge in [-0.1, -0.05) is 22.9 Å². The van der Waals surface area contributed by atoms with E-state index in [0.717, 1.165) is 5.56 Å². The van der Waals surface area contributed by atoms with Crippen molar-refractivity contribution in [3.8, 4) is 0 Å². The minimum atomic E-state index is -0.549. The van der Waals surface area contributed by atoms with Crippen LogP contribution in [0.25, 0.3) is 0 Å². The normalized spacial score (nSPS) is 26.6. The number of benzene rings is 1. The fourth-order valence-corrected chi connectivity index (χ4v) is 3.42. The molecule has 1 N–H and O–H groups in total. The Morgan fingerprint density at radius 1 is 1.19 bits per heavy atom. The quantitative estimate of drug-likeness (QED) is 0.780. The molecular formula is C18H20N4O5. The van der Waals surface area contributed by atoms with Crippen LogP contribution in [0.1, 0.15) is 32.5 Å². The van der Waals surface area contributed by atoms with E-state index in [1.807, 2.05) is 19.1 Å². The van der Waals surface area contributed by atoms with Crippen LogP contribution < -0.4 is 5.32 Å². The van der Waals surface area contributed by atoms with E-state index < -0.39 is 5.97 Å². The molecule has 4 rings (SSSR count). The van der Waals surface area contributed by atoms with E-state index >= 15 is 0 Å². The zero-order valence-corrected chi connectivity index (χ0v) is 15.0. The van der Waals surface area contributed by atoms with Crippen molar-refractivity contribution in [2.45, 2.75) is 31.2 Å². The van der Waals surface area contributed by atoms with Crippen molar-refractivity contribution in [3.05, 3.63) is 47.3 Å². The molecule has 1 amide bonds. The Morgan fingerprint density at radius 2 is 1.93 bits per heavy atom. The van der Waals surface area contributed by atoms with Crippen LogP contribution in [0.2, 0.25) is 0 Å². The molecule has 1 aromatic heterocycles. The molecule has 2 fully saturated rings. The van der Waals surface area contributed by atoms with Gasteiger partial charge >= 0.3 is 5.97 Å². The molecule has 142 valence electrons. The number of amides is 1. The maximum absolute atomic E-state index is 12.5. The van der Waals surface area contributed by atoms with Crippen molar-refractivity contribution in [1.82, 2.24) is 20.3 Å². The SMILES string of the molecule is COC(=O)c1cn(C2COC3C(NC(=O)c4ccc(C)cc4)COC32)nn1. The zero-order chi connectivity index (χ0) is 19.0. The molecule has 1 aromatic carbocycles. The molecule has 0 saturated carbocycles. The summed E-state index contributed by atoms with van der Waals surface area (Å²) in [6.07, 6.45) is 0.958. The number of hydrogen-bond donors (Lipinski definition) is 1. The van der Waals surface area contributed by atoms with E-state index in [4.69, 9.17) is 9.47 Å². The Kier molecular flexibility index (Phi) is 4.63. The molecule has 27 heavy (non-hydrogen) atoms. The van der Waals surface area contributed by atoms with Gasteiger partial charge in [-0.3, -0.25) is 4.79 Å². The standard InChI is InChI=1S/C18H20N4O5/c1-10-3-5-11(6-4-10)17(23)19-13-8-26-16-14(9-27-15(13)16)22-7-12(20-21-22)18(24)25-2/h3-7,13-16H,8-9H2,1-2H3,(H,19,23). The molecule has 0 bridgehead atoms. The molecule has 9 heteroatoms. The second-order valence-corrected chi connectivity index (χ2v) is 6.68. The molecule has 2 aliphatic rings. The Hall–Kier alpha value is -2.78. The van der Waals surface area contributed by atoms with E-state index in [1.54, 1.807) is 16.8 Å². The van der Waals surface area contributed by atoms with Crippen molar-refractivity contribution in [1.29, 1.82) is 0 Å². The van der Waals surface area contributed by atoms with Crippen molar-refractivity contribution in [3.63, 3.8) is 0 Å². The van der Waals surface area contributed by atoms with Crippen molar-refractivity contribution in [2.75, 3.05) is 20.3 Å². The van der Waals surface area contributed by atoms with Crippen molar-refractivity contribution in [2.24, 2.45) is 0 Å². The van der Waals surface area contributed by atoms with Gasteiger partial charge in [0.1, 0.15) is 18.2 Å². The van der Waals surface area contributed by atoms with Crippen molar-refractivity contribution >= 4 is 11.9 Å². The van der Waals surface area contributed by atoms with Crippen molar-refractivity contribution < 1.29 is 23.8 Å². The molecular weight excluding hydrogens is 352 g/mol. The summed E-state index contributed by atoms with van der Waals surface area (Å²) in [5.41, 5.74) is 1.82. The first-order chi connectivity index (χ1) is 13.1. The second-order valence-electron chi connectivity index (χ2n) is 6.68. The summed E-state index contributed by atoms with van der Waals surface area (Å²) < 4.78 is 17.9. The van der Waals surface area contributed by atoms with Gasteiger partial charge in [-0.15, -0.1) is 5.10 Å². The van der Waals surface area contributed by atoms with E-state index in [1.165, 1.54) is 13.3 Å². The third kappa shape index (κ3) is 3.31. The van der Waals surface area contributed by atoms with Gasteiger partial charge in [0.25, 0.3) is 5.91 Å². The van der Waals surface area contributed by atoms with Gasteiger partial charge in [0.2, 0.25) is 0 Å². The summed E-state index contributed by atoms with van der Waals surface area (Å²) in [7, 11) is 1.29. The van der Waals surface area contributed by atoms with E-state index in [9.17, 15) is 9.59 Å². The number of nitrogens with one attached hydrogen (secondary N) is 1. The highest BCUT2D eigenvalue weighted by molar-refractivity contribution is 5.94. The number of hydrogen-bond acceptors (Lipinski definition) is 7. The number of ether oxygens (including phenoxy) is 3. The lowest BCUT2D eigenvalue weighted by atomic mass is 10.1. The summed E-state index contributed by atoms with van der Waals surface area (Å²) >= 11 is 0. The number of carbonyl (C=O) groups is 2. The number of aryl methyl sites for hydroxylation is 1. The first-order valence-corrected chi connectivity index (χ1v) is 8.67. The maximum Gasteiger partial charge on any atom is 0.360 e. The van der Waals surface area contributed by atoms with Gasteiger partial charge in [-0.2, -0.15) is 0 Å². The summed E-state index contributed by atoms with van der Waals surface area (Å²) in [5, 5.41) is 10.8. The van der Waals surface area contributed by atoms with Crippen LogP contribution in [0.15, 0.2) is 30.5 Å². The number of esters is 1. The molecule has 2 saturated heterocycles. The minimum absolute atomic E-state index is 0.128. The zero-order valence-electron chi connectivity index (χ0n) is 15.0. The largest absolute Gasteiger partial charge is 0.464 e. The Balaban J connectivity index is 1.42. The lowest BCUT2D eigenvalue weighted by Gasteiger charge is -2.18. The van der Waals surface area contributed by atoms with E-state index in [-0.39, 0.29) is 35.9 Å². The minimum Gasteiger partial charge on any atom is -0.464 e. The third-order valence-corrected chi connectivity index (χ3v) is 4.90. The second kappa shape index (κ2) is 7.09. The molecule has 9 nitrogen and oxygen atoms in total. The average molecular weight is 372 g/mol. The fraction of sp³-hybridized carbons (Fsp3) is 0.444. The predicted octanol–water partition coefficient (Wildman–Crippen LogP) is 0.510. The van der Waals surface area contributed by atoms with Crippen LogP contribution in [-0.2, 0) is 14.2 Å². The molecule has 2 aliphatic heterocycles. The maximum atomic E-state index is 12.5. The number of fused-ring (bicyclic) bond motifs is 1. The highest BCUT2D eigenvalue weighted by atomic mass is 16.6. The van der Waals surface area contributed by atoms with Crippen LogP contribution in [-0.4, -0.2) is 65.4 Å². The number of aromatic nitrogens is 3. The van der Waals surface area contributed by atoms with Crippen LogP contribution >= 0.6 is 0 Å². The van der Waals surface area contributed by atoms with Crippen LogP contribution in [0, 0.1) is 6.92 Å². The van der Waals surface area contributed by atoms with Crippen LogP contribution in [0.4, 0.5) is 0 Å². The number of carbonyl (C=O) groups excluding carboxylic acids is 2. The number of rotatable bonds is 4. The molecule has 0 aliphatic carbocycles. The van der Waals surface area contributed by atoms with Gasteiger partial charge in [-0.25, -0.2) is 9.48 Å². The molecule has 0 radical (unpaired) electrons. The monoisotopic (exact) mass is 372 g/mol. The van der Waals surface area contributed by atoms with Gasteiger partial charge in [0, 0.05) is 5.56 Å². The average Bonchev–Trinajstić information content (AvgIpc) is 3.38. The van der Waals surface area contributed by atoms with E-state index in [2.05, 4.69) is 20.4 Å².